The van der Waals surface area contributed by atoms with Gasteiger partial charge in [0.2, 0.25) is 0 Å². The van der Waals surface area contributed by atoms with Gasteiger partial charge < -0.3 is 31.3 Å². The molecule has 0 aliphatic carbocycles. The Morgan fingerprint density at radius 1 is 0.586 bits per heavy atom. The zero-order valence-corrected chi connectivity index (χ0v) is 19.8. The Balaban J connectivity index is -0.000000451. The van der Waals surface area contributed by atoms with Gasteiger partial charge in [-0.05, 0) is 25.7 Å². The molecule has 10 nitrogen and oxygen atoms in total. The molecule has 0 aromatic rings. The van der Waals surface area contributed by atoms with Gasteiger partial charge in [-0.1, -0.05) is 27.7 Å². The van der Waals surface area contributed by atoms with Gasteiger partial charge in [-0.2, -0.15) is 0 Å². The predicted octanol–water partition coefficient (Wildman–Crippen LogP) is -3.39. The van der Waals surface area contributed by atoms with E-state index in [9.17, 15) is 39.0 Å². The van der Waals surface area contributed by atoms with E-state index in [2.05, 4.69) is 0 Å². The Labute approximate surface area is 199 Å². The number of carboxylic acid groups (broad SMARTS) is 2. The maximum atomic E-state index is 11.4. The molecule has 0 rings (SSSR count). The minimum atomic E-state index is -1.84. The van der Waals surface area contributed by atoms with Crippen molar-refractivity contribution in [1.82, 2.24) is 0 Å². The van der Waals surface area contributed by atoms with Gasteiger partial charge in [-0.3, -0.25) is 19.2 Å². The molecule has 0 saturated carbocycles. The van der Waals surface area contributed by atoms with E-state index in [4.69, 9.17) is 11.5 Å². The van der Waals surface area contributed by atoms with Gasteiger partial charge in [0, 0.05) is 0 Å². The number of carbonyl (C=O) groups is 6. The van der Waals surface area contributed by atoms with Crippen LogP contribution in [0, 0.1) is 23.7 Å². The summed E-state index contributed by atoms with van der Waals surface area (Å²) in [5, 5.41) is 20.6. The Kier molecular flexibility index (Phi) is 16.5. The minimum absolute atomic E-state index is 0. The number of nitrogens with two attached hydrogens (primary N) is 2. The maximum absolute atomic E-state index is 11.4. The molecule has 4 N–H and O–H groups in total. The van der Waals surface area contributed by atoms with Crippen molar-refractivity contribution >= 4 is 72.8 Å². The first-order valence-electron chi connectivity index (χ1n) is 8.66. The molecule has 0 radical (unpaired) electrons. The van der Waals surface area contributed by atoms with Gasteiger partial charge in [0.05, 0.1) is 23.9 Å². The summed E-state index contributed by atoms with van der Waals surface area (Å²) in [5.41, 5.74) is 10.6. The van der Waals surface area contributed by atoms with Crippen LogP contribution < -0.4 is 21.7 Å². The van der Waals surface area contributed by atoms with Gasteiger partial charge >= 0.3 is 37.7 Å². The summed E-state index contributed by atoms with van der Waals surface area (Å²) in [7, 11) is 0. The summed E-state index contributed by atoms with van der Waals surface area (Å²) in [6, 6.07) is -1.68. The van der Waals surface area contributed by atoms with Crippen LogP contribution in [0.25, 0.3) is 0 Å². The van der Waals surface area contributed by atoms with Crippen LogP contribution in [0.4, 0.5) is 0 Å². The molecule has 11 heteroatoms. The van der Waals surface area contributed by atoms with E-state index in [-0.39, 0.29) is 49.6 Å². The Morgan fingerprint density at radius 3 is 0.897 bits per heavy atom. The maximum Gasteiger partial charge on any atom is 2.00 e. The van der Waals surface area contributed by atoms with E-state index in [1.807, 2.05) is 0 Å². The van der Waals surface area contributed by atoms with Crippen LogP contribution in [-0.4, -0.2) is 84.9 Å². The Morgan fingerprint density at radius 2 is 0.793 bits per heavy atom. The monoisotopic (exact) mass is 440 g/mol. The normalized spacial score (nSPS) is 14.4. The first kappa shape index (κ1) is 32.5. The van der Waals surface area contributed by atoms with E-state index in [1.54, 1.807) is 27.7 Å². The Hall–Kier alpha value is -1.20. The molecule has 0 aliphatic rings. The quantitative estimate of drug-likeness (QED) is 0.196. The SMILES string of the molecule is CC(C)C(C(=O)C(=O)[O-])C(=O)[C@H](C)N.CC(C)C(C(=O)C(=O)[O-])C(=O)[C@H](C)N.[Ca+2]. The summed E-state index contributed by atoms with van der Waals surface area (Å²) in [4.78, 5) is 65.6. The number of aliphatic carboxylic acids is 2. The van der Waals surface area contributed by atoms with Gasteiger partial charge in [0.15, 0.2) is 23.1 Å². The molecule has 0 aromatic heterocycles. The molecule has 0 aliphatic heterocycles. The molecule has 0 bridgehead atoms. The topological polar surface area (TPSA) is 201 Å². The summed E-state index contributed by atoms with van der Waals surface area (Å²) in [6.45, 7) is 9.19. The third-order valence-corrected chi connectivity index (χ3v) is 3.81. The second-order valence-corrected chi connectivity index (χ2v) is 7.13. The van der Waals surface area contributed by atoms with Crippen molar-refractivity contribution in [2.24, 2.45) is 35.1 Å². The smallest absolute Gasteiger partial charge is 0.542 e. The standard InChI is InChI=1S/2C9H15NO4.Ca/c2*1-4(2)6(7(11)5(3)10)8(12)9(13)14;/h2*4-6H,10H2,1-3H3,(H,13,14);/q;;+2/p-2/t2*5-,6?;/m00./s1. The van der Waals surface area contributed by atoms with Crippen LogP contribution in [0.15, 0.2) is 0 Å². The molecule has 160 valence electrons. The van der Waals surface area contributed by atoms with E-state index < -0.39 is 59.0 Å². The molecule has 0 saturated heterocycles. The van der Waals surface area contributed by atoms with Gasteiger partial charge in [-0.25, -0.2) is 0 Å². The van der Waals surface area contributed by atoms with Crippen LogP contribution in [0.1, 0.15) is 41.5 Å². The summed E-state index contributed by atoms with van der Waals surface area (Å²) >= 11 is 0. The number of hydrogen-bond acceptors (Lipinski definition) is 10. The number of ketones is 4. The second-order valence-electron chi connectivity index (χ2n) is 7.13. The molecule has 29 heavy (non-hydrogen) atoms. The van der Waals surface area contributed by atoms with Crippen LogP contribution >= 0.6 is 0 Å². The predicted molar refractivity (Wildman–Crippen MR) is 99.8 cm³/mol. The fraction of sp³-hybridized carbons (Fsp3) is 0.667. The number of rotatable bonds is 10. The minimum Gasteiger partial charge on any atom is -0.542 e. The van der Waals surface area contributed by atoms with Crippen molar-refractivity contribution in [2.75, 3.05) is 0 Å². The molecule has 0 amide bonds. The van der Waals surface area contributed by atoms with Crippen LogP contribution in [0.2, 0.25) is 0 Å². The number of carboxylic acids is 2. The average molecular weight is 441 g/mol. The number of carbonyl (C=O) groups excluding carboxylic acids is 6. The average Bonchev–Trinajstić information content (AvgIpc) is 2.54. The van der Waals surface area contributed by atoms with Crippen molar-refractivity contribution in [3.05, 3.63) is 0 Å². The van der Waals surface area contributed by atoms with Crippen molar-refractivity contribution in [1.29, 1.82) is 0 Å². The fourth-order valence-electron chi connectivity index (χ4n) is 2.34. The molecule has 0 heterocycles. The third-order valence-electron chi connectivity index (χ3n) is 3.81. The zero-order chi connectivity index (χ0) is 22.9. The number of Topliss-reactive ketones (excluding diaryl/α,β-unsaturated/α-hetero) is 4. The van der Waals surface area contributed by atoms with Gasteiger partial charge in [0.25, 0.3) is 0 Å². The van der Waals surface area contributed by atoms with Gasteiger partial charge in [-0.15, -0.1) is 0 Å². The fourth-order valence-corrected chi connectivity index (χ4v) is 2.34. The van der Waals surface area contributed by atoms with Crippen molar-refractivity contribution in [2.45, 2.75) is 53.6 Å². The van der Waals surface area contributed by atoms with E-state index in [0.717, 1.165) is 0 Å². The molecular formula is C18H28CaN2O8. The third kappa shape index (κ3) is 10.9. The van der Waals surface area contributed by atoms with E-state index in [1.165, 1.54) is 13.8 Å². The first-order chi connectivity index (χ1) is 12.6. The van der Waals surface area contributed by atoms with Gasteiger partial charge in [0.1, 0.15) is 11.9 Å². The molecule has 0 fully saturated rings. The molecule has 2 unspecified atom stereocenters. The zero-order valence-electron chi connectivity index (χ0n) is 17.6. The molecule has 4 atom stereocenters. The summed E-state index contributed by atoms with van der Waals surface area (Å²) in [6.07, 6.45) is 0. The Bertz CT molecular complexity index is 575. The number of hydrogen-bond donors (Lipinski definition) is 2. The van der Waals surface area contributed by atoms with Crippen LogP contribution in [0.3, 0.4) is 0 Å². The molecular weight excluding hydrogens is 412 g/mol. The first-order valence-corrected chi connectivity index (χ1v) is 8.66. The molecule has 0 aromatic carbocycles. The summed E-state index contributed by atoms with van der Waals surface area (Å²) < 4.78 is 0. The van der Waals surface area contributed by atoms with Crippen LogP contribution in [-0.2, 0) is 28.8 Å². The van der Waals surface area contributed by atoms with Crippen LogP contribution in [0.5, 0.6) is 0 Å². The van der Waals surface area contributed by atoms with E-state index in [0.29, 0.717) is 0 Å². The second kappa shape index (κ2) is 14.7. The molecule has 0 spiro atoms. The van der Waals surface area contributed by atoms with Crippen molar-refractivity contribution in [3.63, 3.8) is 0 Å². The van der Waals surface area contributed by atoms with Crippen molar-refractivity contribution < 1.29 is 39.0 Å². The van der Waals surface area contributed by atoms with E-state index >= 15 is 0 Å². The summed E-state index contributed by atoms with van der Waals surface area (Å²) in [5.74, 6) is -10.3. The van der Waals surface area contributed by atoms with Crippen molar-refractivity contribution in [3.8, 4) is 0 Å². The largest absolute Gasteiger partial charge is 2.00 e.